The maximum atomic E-state index is 12.1. The minimum atomic E-state index is 0.102. The lowest BCUT2D eigenvalue weighted by atomic mass is 10.2. The number of hydrogen-bond donors (Lipinski definition) is 0. The Bertz CT molecular complexity index is 737. The predicted molar refractivity (Wildman–Crippen MR) is 91.8 cm³/mol. The lowest BCUT2D eigenvalue weighted by Gasteiger charge is -2.27. The van der Waals surface area contributed by atoms with E-state index in [2.05, 4.69) is 26.3 Å². The molecule has 1 unspecified atom stereocenters. The van der Waals surface area contributed by atoms with E-state index in [1.165, 1.54) is 5.56 Å². The van der Waals surface area contributed by atoms with Crippen molar-refractivity contribution in [1.82, 2.24) is 29.7 Å². The number of likely N-dealkylation sites (tertiary alicyclic amines) is 1. The zero-order chi connectivity index (χ0) is 18.0. The highest BCUT2D eigenvalue weighted by Gasteiger charge is 2.29. The van der Waals surface area contributed by atoms with Crippen LogP contribution in [-0.2, 0) is 24.8 Å². The molecule has 0 radical (unpaired) electrons. The topological polar surface area (TPSA) is 80.3 Å². The van der Waals surface area contributed by atoms with Gasteiger partial charge >= 0.3 is 0 Å². The van der Waals surface area contributed by atoms with Crippen LogP contribution in [0.25, 0.3) is 0 Å². The van der Waals surface area contributed by atoms with E-state index in [0.29, 0.717) is 24.7 Å². The lowest BCUT2D eigenvalue weighted by Crippen LogP contribution is -2.42. The summed E-state index contributed by atoms with van der Waals surface area (Å²) in [4.78, 5) is 20.7. The first-order valence-corrected chi connectivity index (χ1v) is 8.70. The first kappa shape index (κ1) is 17.6. The van der Waals surface area contributed by atoms with Crippen LogP contribution in [-0.4, -0.2) is 61.3 Å². The molecule has 1 amide bonds. The van der Waals surface area contributed by atoms with Gasteiger partial charge in [-0.2, -0.15) is 10.1 Å². The Morgan fingerprint density at radius 3 is 2.84 bits per heavy atom. The van der Waals surface area contributed by atoms with Gasteiger partial charge in [-0.25, -0.2) is 0 Å². The molecule has 0 aromatic carbocycles. The molecule has 3 heterocycles. The SMILES string of the molecule is CC(=O)N(CCc1noc(C)n1)C1CCN(Cc2cn(C)nc2C)C1. The third kappa shape index (κ3) is 4.25. The largest absolute Gasteiger partial charge is 0.340 e. The third-order valence-electron chi connectivity index (χ3n) is 4.75. The van der Waals surface area contributed by atoms with Gasteiger partial charge in [0.2, 0.25) is 11.8 Å². The summed E-state index contributed by atoms with van der Waals surface area (Å²) < 4.78 is 6.85. The number of nitrogens with zero attached hydrogens (tertiary/aromatic N) is 6. The summed E-state index contributed by atoms with van der Waals surface area (Å²) in [6, 6.07) is 0.238. The summed E-state index contributed by atoms with van der Waals surface area (Å²) in [5.41, 5.74) is 2.32. The van der Waals surface area contributed by atoms with Crippen molar-refractivity contribution >= 4 is 5.91 Å². The van der Waals surface area contributed by atoms with Crippen molar-refractivity contribution in [1.29, 1.82) is 0 Å². The van der Waals surface area contributed by atoms with E-state index < -0.39 is 0 Å². The molecule has 2 aromatic heterocycles. The smallest absolute Gasteiger partial charge is 0.223 e. The van der Waals surface area contributed by atoms with Crippen LogP contribution in [0.3, 0.4) is 0 Å². The maximum Gasteiger partial charge on any atom is 0.223 e. The first-order chi connectivity index (χ1) is 11.9. The standard InChI is InChI=1S/C17H26N6O2/c1-12-15(9-21(4)19-12)10-22-7-5-16(11-22)23(14(3)24)8-6-17-18-13(2)25-20-17/h9,16H,5-8,10-11H2,1-4H3. The second kappa shape index (κ2) is 7.35. The van der Waals surface area contributed by atoms with Crippen LogP contribution in [0.4, 0.5) is 0 Å². The molecule has 1 fully saturated rings. The highest BCUT2D eigenvalue weighted by molar-refractivity contribution is 5.73. The average Bonchev–Trinajstić information content (AvgIpc) is 3.22. The quantitative estimate of drug-likeness (QED) is 0.779. The van der Waals surface area contributed by atoms with Crippen molar-refractivity contribution in [3.63, 3.8) is 0 Å². The van der Waals surface area contributed by atoms with E-state index in [0.717, 1.165) is 31.7 Å². The van der Waals surface area contributed by atoms with E-state index in [-0.39, 0.29) is 11.9 Å². The molecule has 1 aliphatic rings. The van der Waals surface area contributed by atoms with Gasteiger partial charge in [0, 0.05) is 71.3 Å². The van der Waals surface area contributed by atoms with Crippen molar-refractivity contribution in [3.8, 4) is 0 Å². The van der Waals surface area contributed by atoms with Gasteiger partial charge in [0.05, 0.1) is 5.69 Å². The van der Waals surface area contributed by atoms with Gasteiger partial charge in [-0.15, -0.1) is 0 Å². The van der Waals surface area contributed by atoms with Gasteiger partial charge in [-0.05, 0) is 13.3 Å². The monoisotopic (exact) mass is 346 g/mol. The second-order valence-electron chi connectivity index (χ2n) is 6.78. The Morgan fingerprint density at radius 2 is 2.24 bits per heavy atom. The second-order valence-corrected chi connectivity index (χ2v) is 6.78. The highest BCUT2D eigenvalue weighted by atomic mass is 16.5. The highest BCUT2D eigenvalue weighted by Crippen LogP contribution is 2.19. The van der Waals surface area contributed by atoms with Crippen LogP contribution in [0.5, 0.6) is 0 Å². The van der Waals surface area contributed by atoms with E-state index in [4.69, 9.17) is 4.52 Å². The van der Waals surface area contributed by atoms with Gasteiger partial charge in [0.15, 0.2) is 5.82 Å². The fourth-order valence-electron chi connectivity index (χ4n) is 3.52. The summed E-state index contributed by atoms with van der Waals surface area (Å²) in [7, 11) is 1.94. The molecule has 0 bridgehead atoms. The fourth-order valence-corrected chi connectivity index (χ4v) is 3.52. The molecule has 1 atom stereocenters. The van der Waals surface area contributed by atoms with E-state index in [9.17, 15) is 4.79 Å². The third-order valence-corrected chi connectivity index (χ3v) is 4.75. The zero-order valence-corrected chi connectivity index (χ0v) is 15.4. The van der Waals surface area contributed by atoms with Crippen molar-refractivity contribution in [2.45, 2.75) is 46.2 Å². The number of aryl methyl sites for hydroxylation is 3. The van der Waals surface area contributed by atoms with Crippen LogP contribution < -0.4 is 0 Å². The lowest BCUT2D eigenvalue weighted by molar-refractivity contribution is -0.130. The predicted octanol–water partition coefficient (Wildman–Crippen LogP) is 1.09. The van der Waals surface area contributed by atoms with Crippen molar-refractivity contribution in [2.24, 2.45) is 7.05 Å². The molecule has 0 N–H and O–H groups in total. The van der Waals surface area contributed by atoms with Crippen LogP contribution in [0.15, 0.2) is 10.7 Å². The van der Waals surface area contributed by atoms with E-state index in [1.807, 2.05) is 23.6 Å². The summed E-state index contributed by atoms with van der Waals surface area (Å²) in [6.45, 7) is 8.83. The molecule has 8 heteroatoms. The summed E-state index contributed by atoms with van der Waals surface area (Å²) in [5, 5.41) is 8.32. The number of rotatable bonds is 6. The van der Waals surface area contributed by atoms with Gasteiger partial charge in [0.1, 0.15) is 0 Å². The minimum Gasteiger partial charge on any atom is -0.340 e. The molecule has 136 valence electrons. The average molecular weight is 346 g/mol. The van der Waals surface area contributed by atoms with Gasteiger partial charge in [-0.3, -0.25) is 14.4 Å². The number of amides is 1. The molecule has 25 heavy (non-hydrogen) atoms. The van der Waals surface area contributed by atoms with Gasteiger partial charge in [0.25, 0.3) is 0 Å². The Kier molecular flexibility index (Phi) is 5.17. The van der Waals surface area contributed by atoms with Crippen molar-refractivity contribution in [3.05, 3.63) is 29.2 Å². The molecule has 0 saturated carbocycles. The van der Waals surface area contributed by atoms with Gasteiger partial charge in [-0.1, -0.05) is 5.16 Å². The molecular weight excluding hydrogens is 320 g/mol. The van der Waals surface area contributed by atoms with E-state index >= 15 is 0 Å². The Balaban J connectivity index is 1.57. The molecule has 0 aliphatic carbocycles. The Hall–Kier alpha value is -2.22. The summed E-state index contributed by atoms with van der Waals surface area (Å²) in [6.07, 6.45) is 3.68. The Labute approximate surface area is 147 Å². The van der Waals surface area contributed by atoms with Crippen molar-refractivity contribution in [2.75, 3.05) is 19.6 Å². The number of aromatic nitrogens is 4. The number of carbonyl (C=O) groups excluding carboxylic acids is 1. The molecule has 8 nitrogen and oxygen atoms in total. The molecular formula is C17H26N6O2. The number of hydrogen-bond acceptors (Lipinski definition) is 6. The zero-order valence-electron chi connectivity index (χ0n) is 15.4. The number of carbonyl (C=O) groups is 1. The van der Waals surface area contributed by atoms with Crippen LogP contribution in [0.1, 0.15) is 36.3 Å². The van der Waals surface area contributed by atoms with Crippen LogP contribution in [0, 0.1) is 13.8 Å². The summed E-state index contributed by atoms with van der Waals surface area (Å²) >= 11 is 0. The van der Waals surface area contributed by atoms with Crippen molar-refractivity contribution < 1.29 is 9.32 Å². The van der Waals surface area contributed by atoms with E-state index in [1.54, 1.807) is 13.8 Å². The molecule has 2 aromatic rings. The maximum absolute atomic E-state index is 12.1. The minimum absolute atomic E-state index is 0.102. The normalized spacial score (nSPS) is 18.0. The van der Waals surface area contributed by atoms with Gasteiger partial charge < -0.3 is 9.42 Å². The van der Waals surface area contributed by atoms with Crippen LogP contribution >= 0.6 is 0 Å². The first-order valence-electron chi connectivity index (χ1n) is 8.70. The summed E-state index contributed by atoms with van der Waals surface area (Å²) in [5.74, 6) is 1.32. The molecule has 1 aliphatic heterocycles. The molecule has 0 spiro atoms. The fraction of sp³-hybridized carbons (Fsp3) is 0.647. The molecule has 1 saturated heterocycles. The molecule has 3 rings (SSSR count). The van der Waals surface area contributed by atoms with Crippen LogP contribution in [0.2, 0.25) is 0 Å². The Morgan fingerprint density at radius 1 is 1.44 bits per heavy atom.